The van der Waals surface area contributed by atoms with Gasteiger partial charge in [0.15, 0.2) is 5.75 Å². The number of rotatable bonds is 5. The Morgan fingerprint density at radius 1 is 1.35 bits per heavy atom. The zero-order valence-electron chi connectivity index (χ0n) is 12.2. The molecule has 1 saturated carbocycles. The second kappa shape index (κ2) is 7.56. The molecular weight excluding hydrogens is 338 g/mol. The molecule has 0 aromatic heterocycles. The molecule has 1 N–H and O–H groups in total. The molecule has 20 heavy (non-hydrogen) atoms. The summed E-state index contributed by atoms with van der Waals surface area (Å²) in [5.41, 5.74) is 0.990. The Hall–Kier alpha value is -0.410. The van der Waals surface area contributed by atoms with Crippen LogP contribution in [-0.2, 0) is 0 Å². The van der Waals surface area contributed by atoms with Crippen LogP contribution in [0.4, 0.5) is 5.69 Å². The van der Waals surface area contributed by atoms with Crippen LogP contribution in [0.15, 0.2) is 16.6 Å². The summed E-state index contributed by atoms with van der Waals surface area (Å²) >= 11 is 9.70. The highest BCUT2D eigenvalue weighted by atomic mass is 79.9. The lowest BCUT2D eigenvalue weighted by molar-refractivity contribution is 0.323. The van der Waals surface area contributed by atoms with Crippen LogP contribution in [-0.4, -0.2) is 12.6 Å². The minimum atomic E-state index is 0.444. The molecule has 1 unspecified atom stereocenters. The van der Waals surface area contributed by atoms with Gasteiger partial charge in [0.1, 0.15) is 0 Å². The van der Waals surface area contributed by atoms with E-state index >= 15 is 0 Å². The monoisotopic (exact) mass is 359 g/mol. The molecule has 2 nitrogen and oxygen atoms in total. The summed E-state index contributed by atoms with van der Waals surface area (Å²) in [6, 6.07) is 4.28. The smallest absolute Gasteiger partial charge is 0.156 e. The lowest BCUT2D eigenvalue weighted by Gasteiger charge is -2.29. The fourth-order valence-electron chi connectivity index (χ4n) is 2.96. The van der Waals surface area contributed by atoms with E-state index in [-0.39, 0.29) is 0 Å². The average molecular weight is 361 g/mol. The van der Waals surface area contributed by atoms with E-state index in [4.69, 9.17) is 16.3 Å². The van der Waals surface area contributed by atoms with Crippen molar-refractivity contribution in [1.29, 1.82) is 0 Å². The van der Waals surface area contributed by atoms with Gasteiger partial charge in [-0.1, -0.05) is 30.9 Å². The molecule has 1 atom stereocenters. The van der Waals surface area contributed by atoms with Gasteiger partial charge in [0, 0.05) is 11.1 Å². The van der Waals surface area contributed by atoms with E-state index in [0.717, 1.165) is 26.9 Å². The van der Waals surface area contributed by atoms with E-state index < -0.39 is 0 Å². The van der Waals surface area contributed by atoms with Crippen molar-refractivity contribution in [1.82, 2.24) is 0 Å². The van der Waals surface area contributed by atoms with Gasteiger partial charge in [-0.3, -0.25) is 0 Å². The molecular formula is C16H23BrClNO. The predicted molar refractivity (Wildman–Crippen MR) is 90.0 cm³/mol. The van der Waals surface area contributed by atoms with Crippen molar-refractivity contribution >= 4 is 33.2 Å². The fraction of sp³-hybridized carbons (Fsp3) is 0.625. The third kappa shape index (κ3) is 4.05. The van der Waals surface area contributed by atoms with Crippen LogP contribution in [0.3, 0.4) is 0 Å². The Morgan fingerprint density at radius 2 is 2.05 bits per heavy atom. The van der Waals surface area contributed by atoms with E-state index in [1.807, 2.05) is 19.1 Å². The van der Waals surface area contributed by atoms with Crippen molar-refractivity contribution in [2.24, 2.45) is 5.92 Å². The zero-order chi connectivity index (χ0) is 14.5. The Balaban J connectivity index is 2.14. The van der Waals surface area contributed by atoms with Crippen LogP contribution in [0.1, 0.15) is 46.0 Å². The van der Waals surface area contributed by atoms with Crippen LogP contribution in [0.5, 0.6) is 5.75 Å². The van der Waals surface area contributed by atoms with Crippen LogP contribution < -0.4 is 10.1 Å². The molecule has 0 heterocycles. The Morgan fingerprint density at radius 3 is 2.70 bits per heavy atom. The number of hydrogen-bond donors (Lipinski definition) is 1. The van der Waals surface area contributed by atoms with Gasteiger partial charge in [-0.15, -0.1) is 0 Å². The maximum Gasteiger partial charge on any atom is 0.156 e. The molecule has 2 rings (SSSR count). The molecule has 0 spiro atoms. The molecule has 112 valence electrons. The number of nitrogens with one attached hydrogen (secondary N) is 1. The zero-order valence-corrected chi connectivity index (χ0v) is 14.6. The number of hydrogen-bond acceptors (Lipinski definition) is 2. The largest absolute Gasteiger partial charge is 0.491 e. The third-order valence-electron chi connectivity index (χ3n) is 4.04. The van der Waals surface area contributed by atoms with Crippen molar-refractivity contribution in [2.45, 2.75) is 52.0 Å². The summed E-state index contributed by atoms with van der Waals surface area (Å²) in [7, 11) is 0. The van der Waals surface area contributed by atoms with E-state index in [1.54, 1.807) is 0 Å². The van der Waals surface area contributed by atoms with Gasteiger partial charge < -0.3 is 10.1 Å². The fourth-order valence-corrected chi connectivity index (χ4v) is 3.88. The first-order valence-corrected chi connectivity index (χ1v) is 8.67. The molecule has 1 aromatic rings. The molecule has 1 aromatic carbocycles. The molecule has 0 amide bonds. The Bertz CT molecular complexity index is 446. The van der Waals surface area contributed by atoms with Crippen LogP contribution >= 0.6 is 27.5 Å². The maximum atomic E-state index is 6.17. The predicted octanol–water partition coefficient (Wildman–Crippen LogP) is 5.88. The van der Waals surface area contributed by atoms with Gasteiger partial charge in [-0.25, -0.2) is 0 Å². The van der Waals surface area contributed by atoms with Crippen LogP contribution in [0.25, 0.3) is 0 Å². The lowest BCUT2D eigenvalue weighted by Crippen LogP contribution is -2.27. The van der Waals surface area contributed by atoms with Gasteiger partial charge in [0.05, 0.1) is 16.8 Å². The van der Waals surface area contributed by atoms with E-state index in [0.29, 0.717) is 12.6 Å². The summed E-state index contributed by atoms with van der Waals surface area (Å²) in [6.45, 7) is 4.91. The molecule has 0 radical (unpaired) electrons. The highest BCUT2D eigenvalue weighted by Crippen LogP contribution is 2.38. The molecule has 0 aliphatic heterocycles. The molecule has 0 bridgehead atoms. The first-order valence-electron chi connectivity index (χ1n) is 7.50. The SMILES string of the molecule is CCOc1c(Br)cc(Cl)cc1NC(C)C1CCCCC1. The molecule has 1 fully saturated rings. The van der Waals surface area contributed by atoms with Crippen molar-refractivity contribution in [3.8, 4) is 5.75 Å². The van der Waals surface area contributed by atoms with Gasteiger partial charge in [-0.05, 0) is 60.7 Å². The highest BCUT2D eigenvalue weighted by molar-refractivity contribution is 9.10. The quantitative estimate of drug-likeness (QED) is 0.707. The minimum Gasteiger partial charge on any atom is -0.491 e. The second-order valence-corrected chi connectivity index (χ2v) is 6.82. The Kier molecular flexibility index (Phi) is 6.03. The average Bonchev–Trinajstić information content (AvgIpc) is 2.43. The lowest BCUT2D eigenvalue weighted by atomic mass is 9.84. The third-order valence-corrected chi connectivity index (χ3v) is 4.84. The Labute approximate surface area is 135 Å². The summed E-state index contributed by atoms with van der Waals surface area (Å²) in [5, 5.41) is 4.33. The maximum absolute atomic E-state index is 6.17. The van der Waals surface area contributed by atoms with Crippen LogP contribution in [0, 0.1) is 5.92 Å². The minimum absolute atomic E-state index is 0.444. The molecule has 1 aliphatic carbocycles. The standard InChI is InChI=1S/C16H23BrClNO/c1-3-20-16-14(17)9-13(18)10-15(16)19-11(2)12-7-5-4-6-8-12/h9-12,19H,3-8H2,1-2H3. The molecule has 4 heteroatoms. The molecule has 1 aliphatic rings. The van der Waals surface area contributed by atoms with Crippen LogP contribution in [0.2, 0.25) is 5.02 Å². The number of ether oxygens (including phenoxy) is 1. The first kappa shape index (κ1) is 16.0. The van der Waals surface area contributed by atoms with Gasteiger partial charge >= 0.3 is 0 Å². The van der Waals surface area contributed by atoms with Gasteiger partial charge in [-0.2, -0.15) is 0 Å². The summed E-state index contributed by atoms with van der Waals surface area (Å²) in [5.74, 6) is 1.61. The van der Waals surface area contributed by atoms with E-state index in [2.05, 4.69) is 28.2 Å². The van der Waals surface area contributed by atoms with Gasteiger partial charge in [0.2, 0.25) is 0 Å². The first-order chi connectivity index (χ1) is 9.61. The summed E-state index contributed by atoms with van der Waals surface area (Å²) < 4.78 is 6.65. The summed E-state index contributed by atoms with van der Waals surface area (Å²) in [6.07, 6.45) is 6.73. The van der Waals surface area contributed by atoms with Crippen molar-refractivity contribution in [3.63, 3.8) is 0 Å². The number of benzene rings is 1. The normalized spacial score (nSPS) is 17.8. The van der Waals surface area contributed by atoms with Gasteiger partial charge in [0.25, 0.3) is 0 Å². The topological polar surface area (TPSA) is 21.3 Å². The van der Waals surface area contributed by atoms with Crippen molar-refractivity contribution < 1.29 is 4.74 Å². The highest BCUT2D eigenvalue weighted by Gasteiger charge is 2.21. The van der Waals surface area contributed by atoms with E-state index in [9.17, 15) is 0 Å². The van der Waals surface area contributed by atoms with Crippen molar-refractivity contribution in [2.75, 3.05) is 11.9 Å². The van der Waals surface area contributed by atoms with E-state index in [1.165, 1.54) is 32.1 Å². The number of halogens is 2. The number of anilines is 1. The second-order valence-electron chi connectivity index (χ2n) is 5.53. The van der Waals surface area contributed by atoms with Crippen molar-refractivity contribution in [3.05, 3.63) is 21.6 Å². The molecule has 0 saturated heterocycles. The summed E-state index contributed by atoms with van der Waals surface area (Å²) in [4.78, 5) is 0.